The molecule has 1 aromatic rings. The van der Waals surface area contributed by atoms with Crippen LogP contribution in [0.2, 0.25) is 0 Å². The van der Waals surface area contributed by atoms with Gasteiger partial charge in [-0.3, -0.25) is 0 Å². The van der Waals surface area contributed by atoms with Gasteiger partial charge in [-0.2, -0.15) is 0 Å². The molecule has 1 N–H and O–H groups in total. The second-order valence-corrected chi connectivity index (χ2v) is 4.60. The first-order chi connectivity index (χ1) is 8.88. The summed E-state index contributed by atoms with van der Waals surface area (Å²) < 4.78 is 11.4. The fourth-order valence-corrected chi connectivity index (χ4v) is 1.98. The smallest absolute Gasteiger partial charge is 0.129 e. The summed E-state index contributed by atoms with van der Waals surface area (Å²) >= 11 is 0. The molecule has 0 aliphatic carbocycles. The molecule has 0 bridgehead atoms. The first-order valence-corrected chi connectivity index (χ1v) is 6.83. The predicted molar refractivity (Wildman–Crippen MR) is 72.1 cm³/mol. The van der Waals surface area contributed by atoms with Crippen LogP contribution in [0.5, 0.6) is 5.75 Å². The van der Waals surface area contributed by atoms with Crippen LogP contribution in [0, 0.1) is 0 Å². The fourth-order valence-electron chi connectivity index (χ4n) is 1.98. The van der Waals surface area contributed by atoms with Gasteiger partial charge in [0, 0.05) is 25.4 Å². The monoisotopic (exact) mass is 250 g/mol. The van der Waals surface area contributed by atoms with E-state index >= 15 is 0 Å². The van der Waals surface area contributed by atoms with E-state index in [1.165, 1.54) is 12.8 Å². The highest BCUT2D eigenvalue weighted by molar-refractivity contribution is 5.40. The van der Waals surface area contributed by atoms with E-state index < -0.39 is 0 Å². The maximum atomic E-state index is 5.76. The Hall–Kier alpha value is -1.29. The molecule has 2 rings (SSSR count). The van der Waals surface area contributed by atoms with E-state index in [-0.39, 0.29) is 6.10 Å². The molecule has 0 spiro atoms. The van der Waals surface area contributed by atoms with Gasteiger partial charge in [-0.25, -0.2) is 4.98 Å². The van der Waals surface area contributed by atoms with Crippen molar-refractivity contribution in [3.63, 3.8) is 0 Å². The summed E-state index contributed by atoms with van der Waals surface area (Å²) in [6, 6.07) is 3.83. The molecule has 4 nitrogen and oxygen atoms in total. The van der Waals surface area contributed by atoms with E-state index in [1.54, 1.807) is 6.20 Å². The Morgan fingerprint density at radius 3 is 3.22 bits per heavy atom. The Labute approximate surface area is 109 Å². The summed E-state index contributed by atoms with van der Waals surface area (Å²) in [6.07, 6.45) is 6.63. The summed E-state index contributed by atoms with van der Waals surface area (Å²) in [7, 11) is 0. The van der Waals surface area contributed by atoms with Gasteiger partial charge in [0.1, 0.15) is 18.2 Å². The van der Waals surface area contributed by atoms with Crippen molar-refractivity contribution in [1.82, 2.24) is 4.98 Å². The molecule has 0 radical (unpaired) electrons. The molecule has 0 amide bonds. The molecule has 1 atom stereocenters. The molecule has 1 saturated heterocycles. The standard InChI is InChI=1S/C14H22N2O2/c1-2-7-15-14-10-12(6-8-16-14)18-11-13-5-3-4-9-17-13/h6,8,10,13H,2-5,7,9,11H2,1H3,(H,15,16). The maximum Gasteiger partial charge on any atom is 0.129 e. The first kappa shape index (κ1) is 13.1. The second kappa shape index (κ2) is 7.21. The van der Waals surface area contributed by atoms with Crippen LogP contribution in [-0.2, 0) is 4.74 Å². The van der Waals surface area contributed by atoms with Crippen molar-refractivity contribution >= 4 is 5.82 Å². The summed E-state index contributed by atoms with van der Waals surface area (Å²) in [5.41, 5.74) is 0. The van der Waals surface area contributed by atoms with Gasteiger partial charge in [0.15, 0.2) is 0 Å². The third-order valence-corrected chi connectivity index (χ3v) is 3.00. The van der Waals surface area contributed by atoms with Crippen molar-refractivity contribution in [3.05, 3.63) is 18.3 Å². The minimum atomic E-state index is 0.249. The highest BCUT2D eigenvalue weighted by Crippen LogP contribution is 2.17. The van der Waals surface area contributed by atoms with Crippen LogP contribution >= 0.6 is 0 Å². The zero-order chi connectivity index (χ0) is 12.6. The molecule has 100 valence electrons. The van der Waals surface area contributed by atoms with Crippen molar-refractivity contribution in [2.75, 3.05) is 25.1 Å². The number of hydrogen-bond acceptors (Lipinski definition) is 4. The Bertz CT molecular complexity index is 351. The topological polar surface area (TPSA) is 43.4 Å². The molecule has 2 heterocycles. The summed E-state index contributed by atoms with van der Waals surface area (Å²) in [5, 5.41) is 3.25. The number of ether oxygens (including phenoxy) is 2. The Balaban J connectivity index is 1.80. The Morgan fingerprint density at radius 1 is 1.50 bits per heavy atom. The van der Waals surface area contributed by atoms with Gasteiger partial charge in [-0.1, -0.05) is 6.92 Å². The lowest BCUT2D eigenvalue weighted by molar-refractivity contribution is -0.0110. The van der Waals surface area contributed by atoms with E-state index in [2.05, 4.69) is 17.2 Å². The van der Waals surface area contributed by atoms with Crippen molar-refractivity contribution in [2.45, 2.75) is 38.7 Å². The van der Waals surface area contributed by atoms with Gasteiger partial charge in [0.2, 0.25) is 0 Å². The third-order valence-electron chi connectivity index (χ3n) is 3.00. The molecule has 0 aromatic carbocycles. The second-order valence-electron chi connectivity index (χ2n) is 4.60. The van der Waals surface area contributed by atoms with Gasteiger partial charge < -0.3 is 14.8 Å². The highest BCUT2D eigenvalue weighted by Gasteiger charge is 2.14. The lowest BCUT2D eigenvalue weighted by Gasteiger charge is -2.22. The van der Waals surface area contributed by atoms with Crippen molar-refractivity contribution in [3.8, 4) is 5.75 Å². The quantitative estimate of drug-likeness (QED) is 0.843. The lowest BCUT2D eigenvalue weighted by atomic mass is 10.1. The Morgan fingerprint density at radius 2 is 2.44 bits per heavy atom. The van der Waals surface area contributed by atoms with Crippen LogP contribution in [0.3, 0.4) is 0 Å². The molecular formula is C14H22N2O2. The summed E-state index contributed by atoms with van der Waals surface area (Å²) in [6.45, 7) is 4.57. The zero-order valence-electron chi connectivity index (χ0n) is 11.0. The average molecular weight is 250 g/mol. The largest absolute Gasteiger partial charge is 0.491 e. The molecule has 1 unspecified atom stereocenters. The lowest BCUT2D eigenvalue weighted by Crippen LogP contribution is -2.25. The van der Waals surface area contributed by atoms with Crippen LogP contribution in [0.15, 0.2) is 18.3 Å². The fraction of sp³-hybridized carbons (Fsp3) is 0.643. The number of rotatable bonds is 6. The van der Waals surface area contributed by atoms with Crippen LogP contribution < -0.4 is 10.1 Å². The predicted octanol–water partition coefficient (Wildman–Crippen LogP) is 2.85. The first-order valence-electron chi connectivity index (χ1n) is 6.83. The van der Waals surface area contributed by atoms with Crippen molar-refractivity contribution < 1.29 is 9.47 Å². The van der Waals surface area contributed by atoms with E-state index in [0.29, 0.717) is 6.61 Å². The van der Waals surface area contributed by atoms with Crippen LogP contribution in [0.1, 0.15) is 32.6 Å². The molecule has 1 aromatic heterocycles. The van der Waals surface area contributed by atoms with Gasteiger partial charge in [0.25, 0.3) is 0 Å². The van der Waals surface area contributed by atoms with Gasteiger partial charge >= 0.3 is 0 Å². The SMILES string of the molecule is CCCNc1cc(OCC2CCCCO2)ccn1. The maximum absolute atomic E-state index is 5.76. The minimum Gasteiger partial charge on any atom is -0.491 e. The number of nitrogens with one attached hydrogen (secondary N) is 1. The number of hydrogen-bond donors (Lipinski definition) is 1. The number of aromatic nitrogens is 1. The van der Waals surface area contributed by atoms with E-state index in [0.717, 1.165) is 37.6 Å². The molecule has 18 heavy (non-hydrogen) atoms. The number of anilines is 1. The number of nitrogens with zero attached hydrogens (tertiary/aromatic N) is 1. The zero-order valence-corrected chi connectivity index (χ0v) is 11.0. The molecule has 1 aliphatic rings. The van der Waals surface area contributed by atoms with Crippen LogP contribution in [0.25, 0.3) is 0 Å². The normalized spacial score (nSPS) is 19.5. The molecular weight excluding hydrogens is 228 g/mol. The van der Waals surface area contributed by atoms with E-state index in [4.69, 9.17) is 9.47 Å². The Kier molecular flexibility index (Phi) is 5.27. The highest BCUT2D eigenvalue weighted by atomic mass is 16.5. The average Bonchev–Trinajstić information content (AvgIpc) is 2.44. The van der Waals surface area contributed by atoms with Crippen LogP contribution in [0.4, 0.5) is 5.82 Å². The summed E-state index contributed by atoms with van der Waals surface area (Å²) in [4.78, 5) is 4.25. The van der Waals surface area contributed by atoms with Crippen molar-refractivity contribution in [2.24, 2.45) is 0 Å². The third kappa shape index (κ3) is 4.18. The molecule has 1 fully saturated rings. The molecule has 1 aliphatic heterocycles. The van der Waals surface area contributed by atoms with Gasteiger partial charge in [0.05, 0.1) is 6.10 Å². The molecule has 4 heteroatoms. The van der Waals surface area contributed by atoms with E-state index in [1.807, 2.05) is 12.1 Å². The van der Waals surface area contributed by atoms with Crippen LogP contribution in [-0.4, -0.2) is 30.8 Å². The molecule has 0 saturated carbocycles. The van der Waals surface area contributed by atoms with Gasteiger partial charge in [-0.15, -0.1) is 0 Å². The van der Waals surface area contributed by atoms with Crippen molar-refractivity contribution in [1.29, 1.82) is 0 Å². The summed E-state index contributed by atoms with van der Waals surface area (Å²) in [5.74, 6) is 1.73. The van der Waals surface area contributed by atoms with E-state index in [9.17, 15) is 0 Å². The minimum absolute atomic E-state index is 0.249. The number of pyridine rings is 1. The van der Waals surface area contributed by atoms with Gasteiger partial charge in [-0.05, 0) is 31.7 Å².